The number of hydrogen-bond donors (Lipinski definition) is 3. The highest BCUT2D eigenvalue weighted by Gasteiger charge is 2.55. The fraction of sp³-hybridized carbons (Fsp3) is 0.136. The molecule has 3 aromatic rings. The third kappa shape index (κ3) is 3.05. The van der Waals surface area contributed by atoms with E-state index in [-0.39, 0.29) is 0 Å². The Morgan fingerprint density at radius 3 is 2.32 bits per heavy atom. The third-order valence-electron chi connectivity index (χ3n) is 5.08. The van der Waals surface area contributed by atoms with E-state index in [0.717, 1.165) is 5.56 Å². The number of allylic oxidation sites excluding steroid dienone is 1. The molecule has 6 heteroatoms. The number of benzene rings is 1. The first-order valence-electron chi connectivity index (χ1n) is 8.90. The van der Waals surface area contributed by atoms with Crippen LogP contribution in [0.4, 0.5) is 0 Å². The molecule has 5 nitrogen and oxygen atoms in total. The van der Waals surface area contributed by atoms with E-state index in [4.69, 9.17) is 0 Å². The highest BCUT2D eigenvalue weighted by molar-refractivity contribution is 7.84. The summed E-state index contributed by atoms with van der Waals surface area (Å²) < 4.78 is 1.93. The van der Waals surface area contributed by atoms with E-state index in [0.29, 0.717) is 16.2 Å². The van der Waals surface area contributed by atoms with E-state index in [2.05, 4.69) is 29.0 Å². The second kappa shape index (κ2) is 7.47. The van der Waals surface area contributed by atoms with Crippen LogP contribution in [0.5, 0.6) is 0 Å². The van der Waals surface area contributed by atoms with E-state index in [1.165, 1.54) is 0 Å². The number of hydrogen-bond acceptors (Lipinski definition) is 5. The van der Waals surface area contributed by atoms with Gasteiger partial charge < -0.3 is 10.4 Å². The summed E-state index contributed by atoms with van der Waals surface area (Å²) in [5.41, 5.74) is 0.573. The molecule has 0 spiro atoms. The van der Waals surface area contributed by atoms with Gasteiger partial charge in [-0.3, -0.25) is 4.98 Å². The minimum atomic E-state index is -1.47. The second-order valence-electron chi connectivity index (χ2n) is 6.66. The number of aromatic nitrogens is 2. The molecule has 0 bridgehead atoms. The maximum atomic E-state index is 11.9. The smallest absolute Gasteiger partial charge is 0.227 e. The lowest BCUT2D eigenvalue weighted by Gasteiger charge is -2.42. The Kier molecular flexibility index (Phi) is 4.86. The van der Waals surface area contributed by atoms with Crippen LogP contribution in [0.25, 0.3) is 0 Å². The number of nitriles is 1. The maximum Gasteiger partial charge on any atom is 0.227 e. The predicted octanol–water partition coefficient (Wildman–Crippen LogP) is 2.81. The Balaban J connectivity index is 2.01. The predicted molar refractivity (Wildman–Crippen MR) is 108 cm³/mol. The van der Waals surface area contributed by atoms with E-state index >= 15 is 0 Å². The van der Waals surface area contributed by atoms with Crippen molar-refractivity contribution in [1.29, 1.82) is 5.26 Å². The quantitative estimate of drug-likeness (QED) is 0.477. The monoisotopic (exact) mass is 387 g/mol. The average Bonchev–Trinajstić information content (AvgIpc) is 2.75. The molecule has 0 aliphatic carbocycles. The van der Waals surface area contributed by atoms with E-state index < -0.39 is 17.7 Å². The van der Waals surface area contributed by atoms with Crippen molar-refractivity contribution in [2.24, 2.45) is 0 Å². The Labute approximate surface area is 169 Å². The molecule has 2 aromatic heterocycles. The fourth-order valence-electron chi connectivity index (χ4n) is 3.83. The van der Waals surface area contributed by atoms with Crippen molar-refractivity contribution in [1.82, 2.24) is 10.3 Å². The zero-order chi connectivity index (χ0) is 19.6. The number of rotatable bonds is 3. The lowest BCUT2D eigenvalue weighted by atomic mass is 9.75. The molecular formula is C22H19N4OS+. The Morgan fingerprint density at radius 2 is 1.68 bits per heavy atom. The van der Waals surface area contributed by atoms with Crippen LogP contribution in [-0.4, -0.2) is 10.1 Å². The first kappa shape index (κ1) is 18.2. The Hall–Kier alpha value is -3.14. The van der Waals surface area contributed by atoms with Crippen molar-refractivity contribution in [2.75, 3.05) is 0 Å². The summed E-state index contributed by atoms with van der Waals surface area (Å²) in [7, 11) is 0. The van der Waals surface area contributed by atoms with Gasteiger partial charge in [0.05, 0.1) is 22.6 Å². The third-order valence-corrected chi connectivity index (χ3v) is 5.43. The van der Waals surface area contributed by atoms with Gasteiger partial charge in [-0.15, -0.1) is 12.6 Å². The summed E-state index contributed by atoms with van der Waals surface area (Å²) in [4.78, 5) is 4.10. The van der Waals surface area contributed by atoms with Gasteiger partial charge in [0.1, 0.15) is 0 Å². The highest BCUT2D eigenvalue weighted by Crippen LogP contribution is 2.47. The van der Waals surface area contributed by atoms with Gasteiger partial charge in [-0.25, -0.2) is 0 Å². The second-order valence-corrected chi connectivity index (χ2v) is 7.10. The number of nitrogens with zero attached hydrogens (tertiary/aromatic N) is 3. The molecule has 2 N–H and O–H groups in total. The summed E-state index contributed by atoms with van der Waals surface area (Å²) in [6, 6.07) is 20.6. The highest BCUT2D eigenvalue weighted by atomic mass is 32.1. The number of thiol groups is 1. The van der Waals surface area contributed by atoms with E-state index in [1.807, 2.05) is 77.6 Å². The summed E-state index contributed by atoms with van der Waals surface area (Å²) in [6.45, 7) is 0. The molecule has 3 atom stereocenters. The number of nitrogens with one attached hydrogen (secondary N) is 1. The molecule has 0 saturated heterocycles. The summed E-state index contributed by atoms with van der Waals surface area (Å²) in [6.07, 6.45) is 7.18. The van der Waals surface area contributed by atoms with Crippen LogP contribution < -0.4 is 9.88 Å². The molecule has 28 heavy (non-hydrogen) atoms. The zero-order valence-corrected chi connectivity index (χ0v) is 15.9. The number of pyridine rings is 2. The van der Waals surface area contributed by atoms with Gasteiger partial charge in [0.2, 0.25) is 11.8 Å². The van der Waals surface area contributed by atoms with Crippen molar-refractivity contribution in [3.8, 4) is 6.07 Å². The summed E-state index contributed by atoms with van der Waals surface area (Å²) in [5, 5.41) is 25.3. The molecule has 1 aromatic carbocycles. The van der Waals surface area contributed by atoms with Crippen LogP contribution in [-0.2, 0) is 5.72 Å². The van der Waals surface area contributed by atoms with E-state index in [9.17, 15) is 10.4 Å². The molecule has 1 aliphatic heterocycles. The van der Waals surface area contributed by atoms with Gasteiger partial charge in [0.15, 0.2) is 12.4 Å². The maximum absolute atomic E-state index is 11.9. The normalized spacial score (nSPS) is 24.3. The molecule has 0 saturated carbocycles. The van der Waals surface area contributed by atoms with Crippen molar-refractivity contribution >= 4 is 12.6 Å². The van der Waals surface area contributed by atoms with Crippen molar-refractivity contribution < 1.29 is 9.67 Å². The fourth-order valence-corrected chi connectivity index (χ4v) is 4.19. The van der Waals surface area contributed by atoms with Crippen LogP contribution in [0.1, 0.15) is 23.1 Å². The van der Waals surface area contributed by atoms with Gasteiger partial charge in [0, 0.05) is 30.1 Å². The molecule has 3 heterocycles. The van der Waals surface area contributed by atoms with E-state index in [1.54, 1.807) is 12.4 Å². The Morgan fingerprint density at radius 1 is 1.04 bits per heavy atom. The minimum absolute atomic E-state index is 0.364. The SMILES string of the molecule is N#CC1=C(S)N[C@](O)(c2ccccc2)[C@H]([n+]2ccccc2)[C@H]1c1ccncc1. The van der Waals surface area contributed by atoms with Crippen LogP contribution in [0.2, 0.25) is 0 Å². The number of aliphatic hydroxyl groups is 1. The summed E-state index contributed by atoms with van der Waals surface area (Å²) in [5.74, 6) is -0.417. The Bertz CT molecular complexity index is 1030. The van der Waals surface area contributed by atoms with Crippen molar-refractivity contribution in [2.45, 2.75) is 17.7 Å². The standard InChI is InChI=1S/C22H18N4OS/c23-15-18-19(16-9-11-24-12-10-16)20(26-13-5-2-6-14-26)22(27,25-21(18)28)17-7-3-1-4-8-17/h1-14,19-20,25,27H/p+1/t19-,20+,22-/m0/s1. The first-order chi connectivity index (χ1) is 13.6. The topological polar surface area (TPSA) is 72.8 Å². The van der Waals surface area contributed by atoms with Gasteiger partial charge in [-0.2, -0.15) is 9.83 Å². The largest absolute Gasteiger partial charge is 0.362 e. The van der Waals surface area contributed by atoms with Crippen molar-refractivity contribution in [3.63, 3.8) is 0 Å². The molecule has 0 amide bonds. The molecule has 1 aliphatic rings. The van der Waals surface area contributed by atoms with Crippen LogP contribution in [0.15, 0.2) is 96.1 Å². The van der Waals surface area contributed by atoms with Gasteiger partial charge in [0.25, 0.3) is 0 Å². The molecular weight excluding hydrogens is 368 g/mol. The molecule has 0 radical (unpaired) electrons. The average molecular weight is 387 g/mol. The molecule has 138 valence electrons. The first-order valence-corrected chi connectivity index (χ1v) is 9.35. The van der Waals surface area contributed by atoms with Gasteiger partial charge in [-0.05, 0) is 17.7 Å². The van der Waals surface area contributed by atoms with Gasteiger partial charge in [-0.1, -0.05) is 36.4 Å². The lowest BCUT2D eigenvalue weighted by Crippen LogP contribution is -2.62. The van der Waals surface area contributed by atoms with Gasteiger partial charge >= 0.3 is 0 Å². The van der Waals surface area contributed by atoms with Crippen LogP contribution in [0, 0.1) is 11.3 Å². The van der Waals surface area contributed by atoms with Crippen LogP contribution in [0.3, 0.4) is 0 Å². The molecule has 4 rings (SSSR count). The molecule has 0 unspecified atom stereocenters. The molecule has 0 fully saturated rings. The minimum Gasteiger partial charge on any atom is -0.362 e. The van der Waals surface area contributed by atoms with Crippen LogP contribution >= 0.6 is 12.6 Å². The zero-order valence-electron chi connectivity index (χ0n) is 15.0. The van der Waals surface area contributed by atoms with Crippen molar-refractivity contribution in [3.05, 3.63) is 107 Å². The lowest BCUT2D eigenvalue weighted by molar-refractivity contribution is -0.743. The summed E-state index contributed by atoms with van der Waals surface area (Å²) >= 11 is 4.52.